The molecule has 0 amide bonds. The lowest BCUT2D eigenvalue weighted by Gasteiger charge is -2.52. The fourth-order valence-corrected chi connectivity index (χ4v) is 4.03. The van der Waals surface area contributed by atoms with Crippen LogP contribution >= 0.6 is 0 Å². The van der Waals surface area contributed by atoms with Gasteiger partial charge in [0.2, 0.25) is 0 Å². The van der Waals surface area contributed by atoms with Crippen LogP contribution < -0.4 is 0 Å². The van der Waals surface area contributed by atoms with Crippen molar-refractivity contribution in [3.8, 4) is 0 Å². The first-order valence-corrected chi connectivity index (χ1v) is 5.95. The normalized spacial score (nSPS) is 50.1. The van der Waals surface area contributed by atoms with Crippen LogP contribution in [0.25, 0.3) is 0 Å². The van der Waals surface area contributed by atoms with Crippen molar-refractivity contribution in [1.82, 2.24) is 0 Å². The number of rotatable bonds is 2. The summed E-state index contributed by atoms with van der Waals surface area (Å²) in [5, 5.41) is 0. The van der Waals surface area contributed by atoms with E-state index in [0.717, 1.165) is 32.3 Å². The van der Waals surface area contributed by atoms with E-state index < -0.39 is 0 Å². The highest BCUT2D eigenvalue weighted by atomic mass is 16.5. The van der Waals surface area contributed by atoms with Gasteiger partial charge in [-0.05, 0) is 44.4 Å². The van der Waals surface area contributed by atoms with Crippen molar-refractivity contribution in [2.24, 2.45) is 23.7 Å². The first-order valence-electron chi connectivity index (χ1n) is 5.95. The molecule has 4 saturated carbocycles. The van der Waals surface area contributed by atoms with Crippen molar-refractivity contribution in [3.05, 3.63) is 0 Å². The van der Waals surface area contributed by atoms with Crippen LogP contribution in [0.15, 0.2) is 0 Å². The molecule has 4 aliphatic carbocycles. The Morgan fingerprint density at radius 3 is 2.07 bits per heavy atom. The SMILES string of the molecule is CCOC1C2CC3CC1CC(C2)C3=O. The predicted molar refractivity (Wildman–Crippen MR) is 52.8 cm³/mol. The van der Waals surface area contributed by atoms with Crippen LogP contribution in [-0.2, 0) is 9.53 Å². The summed E-state index contributed by atoms with van der Waals surface area (Å²) < 4.78 is 5.84. The van der Waals surface area contributed by atoms with Crippen LogP contribution in [0.4, 0.5) is 0 Å². The molecule has 4 bridgehead atoms. The van der Waals surface area contributed by atoms with Crippen molar-refractivity contribution >= 4 is 5.78 Å². The molecule has 0 spiro atoms. The smallest absolute Gasteiger partial charge is 0.139 e. The zero-order chi connectivity index (χ0) is 9.71. The molecule has 4 aliphatic rings. The number of carbonyl (C=O) groups excluding carboxylic acids is 1. The summed E-state index contributed by atoms with van der Waals surface area (Å²) in [5.41, 5.74) is 0. The largest absolute Gasteiger partial charge is 0.378 e. The lowest BCUT2D eigenvalue weighted by Crippen LogP contribution is -2.53. The maximum absolute atomic E-state index is 11.8. The minimum atomic E-state index is 0.411. The van der Waals surface area contributed by atoms with E-state index in [9.17, 15) is 4.79 Å². The van der Waals surface area contributed by atoms with Gasteiger partial charge in [0, 0.05) is 18.4 Å². The monoisotopic (exact) mass is 194 g/mol. The summed E-state index contributed by atoms with van der Waals surface area (Å²) >= 11 is 0. The highest BCUT2D eigenvalue weighted by molar-refractivity contribution is 5.85. The summed E-state index contributed by atoms with van der Waals surface area (Å²) in [6, 6.07) is 0. The van der Waals surface area contributed by atoms with E-state index in [0.29, 0.717) is 35.6 Å². The molecule has 0 aromatic rings. The molecular formula is C12H18O2. The molecule has 4 fully saturated rings. The minimum absolute atomic E-state index is 0.411. The molecule has 4 rings (SSSR count). The zero-order valence-electron chi connectivity index (χ0n) is 8.74. The van der Waals surface area contributed by atoms with Crippen molar-refractivity contribution in [1.29, 1.82) is 0 Å². The first-order chi connectivity index (χ1) is 6.79. The molecule has 0 aromatic carbocycles. The Hall–Kier alpha value is -0.370. The number of ketones is 1. The number of hydrogen-bond donors (Lipinski definition) is 0. The predicted octanol–water partition coefficient (Wildman–Crippen LogP) is 2.03. The Labute approximate surface area is 85.0 Å². The summed E-state index contributed by atoms with van der Waals surface area (Å²) in [6.07, 6.45) is 4.97. The van der Waals surface area contributed by atoms with Crippen LogP contribution in [0.5, 0.6) is 0 Å². The second-order valence-electron chi connectivity index (χ2n) is 5.18. The third-order valence-electron chi connectivity index (χ3n) is 4.44. The van der Waals surface area contributed by atoms with Crippen molar-refractivity contribution in [2.75, 3.05) is 6.61 Å². The summed E-state index contributed by atoms with van der Waals surface area (Å²) in [6.45, 7) is 2.91. The highest BCUT2D eigenvalue weighted by Crippen LogP contribution is 2.52. The van der Waals surface area contributed by atoms with Gasteiger partial charge in [0.05, 0.1) is 6.10 Å². The Bertz CT molecular complexity index is 227. The maximum Gasteiger partial charge on any atom is 0.139 e. The van der Waals surface area contributed by atoms with Crippen LogP contribution in [0.3, 0.4) is 0 Å². The van der Waals surface area contributed by atoms with Crippen LogP contribution in [0.2, 0.25) is 0 Å². The standard InChI is InChI=1S/C12H18O2/c1-2-14-12-9-3-7-4-10(12)6-8(5-9)11(7)13/h7-10,12H,2-6H2,1H3. The topological polar surface area (TPSA) is 26.3 Å². The molecule has 0 unspecified atom stereocenters. The van der Waals surface area contributed by atoms with Gasteiger partial charge in [0.25, 0.3) is 0 Å². The molecule has 14 heavy (non-hydrogen) atoms. The quantitative estimate of drug-likeness (QED) is 0.672. The molecule has 78 valence electrons. The van der Waals surface area contributed by atoms with E-state index in [4.69, 9.17) is 4.74 Å². The molecular weight excluding hydrogens is 176 g/mol. The van der Waals surface area contributed by atoms with Gasteiger partial charge in [-0.3, -0.25) is 4.79 Å². The molecule has 0 atom stereocenters. The van der Waals surface area contributed by atoms with Crippen LogP contribution in [0, 0.1) is 23.7 Å². The molecule has 0 radical (unpaired) electrons. The number of hydrogen-bond acceptors (Lipinski definition) is 2. The van der Waals surface area contributed by atoms with Gasteiger partial charge in [0.15, 0.2) is 0 Å². The van der Waals surface area contributed by atoms with Gasteiger partial charge in [-0.25, -0.2) is 0 Å². The number of Topliss-reactive ketones (excluding diaryl/α,β-unsaturated/α-hetero) is 1. The molecule has 2 heteroatoms. The summed E-state index contributed by atoms with van der Waals surface area (Å²) in [7, 11) is 0. The molecule has 0 heterocycles. The summed E-state index contributed by atoms with van der Waals surface area (Å²) in [5.74, 6) is 2.81. The van der Waals surface area contributed by atoms with Gasteiger partial charge in [-0.15, -0.1) is 0 Å². The Balaban J connectivity index is 1.82. The Morgan fingerprint density at radius 2 is 1.64 bits per heavy atom. The number of ether oxygens (including phenoxy) is 1. The molecule has 0 saturated heterocycles. The second-order valence-corrected chi connectivity index (χ2v) is 5.18. The van der Waals surface area contributed by atoms with E-state index in [1.165, 1.54) is 0 Å². The van der Waals surface area contributed by atoms with E-state index >= 15 is 0 Å². The fourth-order valence-electron chi connectivity index (χ4n) is 4.03. The van der Waals surface area contributed by atoms with E-state index in [2.05, 4.69) is 6.92 Å². The van der Waals surface area contributed by atoms with Crippen molar-refractivity contribution < 1.29 is 9.53 Å². The zero-order valence-corrected chi connectivity index (χ0v) is 8.74. The fraction of sp³-hybridized carbons (Fsp3) is 0.917. The van der Waals surface area contributed by atoms with Crippen LogP contribution in [0.1, 0.15) is 32.6 Å². The highest BCUT2D eigenvalue weighted by Gasteiger charge is 2.52. The Morgan fingerprint density at radius 1 is 1.14 bits per heavy atom. The van der Waals surface area contributed by atoms with Gasteiger partial charge in [-0.2, -0.15) is 0 Å². The second kappa shape index (κ2) is 3.06. The average molecular weight is 194 g/mol. The van der Waals surface area contributed by atoms with Crippen molar-refractivity contribution in [2.45, 2.75) is 38.7 Å². The van der Waals surface area contributed by atoms with E-state index in [-0.39, 0.29) is 0 Å². The molecule has 0 aromatic heterocycles. The minimum Gasteiger partial charge on any atom is -0.378 e. The third-order valence-corrected chi connectivity index (χ3v) is 4.44. The molecule has 0 aliphatic heterocycles. The van der Waals surface area contributed by atoms with E-state index in [1.54, 1.807) is 0 Å². The third kappa shape index (κ3) is 1.10. The van der Waals surface area contributed by atoms with Gasteiger partial charge in [-0.1, -0.05) is 0 Å². The van der Waals surface area contributed by atoms with Crippen LogP contribution in [-0.4, -0.2) is 18.5 Å². The Kier molecular flexibility index (Phi) is 1.94. The van der Waals surface area contributed by atoms with Gasteiger partial charge < -0.3 is 4.74 Å². The van der Waals surface area contributed by atoms with Gasteiger partial charge >= 0.3 is 0 Å². The van der Waals surface area contributed by atoms with Crippen molar-refractivity contribution in [3.63, 3.8) is 0 Å². The lowest BCUT2D eigenvalue weighted by molar-refractivity contribution is -0.157. The van der Waals surface area contributed by atoms with E-state index in [1.807, 2.05) is 0 Å². The molecule has 2 nitrogen and oxygen atoms in total. The molecule has 0 N–H and O–H groups in total. The maximum atomic E-state index is 11.8. The lowest BCUT2D eigenvalue weighted by atomic mass is 9.54. The summed E-state index contributed by atoms with van der Waals surface area (Å²) in [4.78, 5) is 11.8. The number of carbonyl (C=O) groups is 1. The van der Waals surface area contributed by atoms with Gasteiger partial charge in [0.1, 0.15) is 5.78 Å². The first kappa shape index (κ1) is 8.90. The average Bonchev–Trinajstić information content (AvgIpc) is 2.15.